The van der Waals surface area contributed by atoms with Gasteiger partial charge in [-0.05, 0) is 48.4 Å². The number of hydrogen-bond donors (Lipinski definition) is 3. The lowest BCUT2D eigenvalue weighted by Crippen LogP contribution is -2.18. The van der Waals surface area contributed by atoms with Crippen LogP contribution in [0.25, 0.3) is 11.3 Å². The molecule has 2 amide bonds. The molecule has 1 aromatic heterocycles. The molecule has 33 heavy (non-hydrogen) atoms. The van der Waals surface area contributed by atoms with E-state index < -0.39 is 15.7 Å². The fraction of sp³-hybridized carbons (Fsp3) is 0.217. The molecule has 0 bridgehead atoms. The Morgan fingerprint density at radius 3 is 2.21 bits per heavy atom. The van der Waals surface area contributed by atoms with E-state index in [9.17, 15) is 22.8 Å². The van der Waals surface area contributed by atoms with Gasteiger partial charge in [-0.2, -0.15) is 5.10 Å². The van der Waals surface area contributed by atoms with Gasteiger partial charge in [-0.25, -0.2) is 13.5 Å². The Balaban J connectivity index is 1.72. The first-order valence-corrected chi connectivity index (χ1v) is 11.9. The summed E-state index contributed by atoms with van der Waals surface area (Å²) in [4.78, 5) is 34.8. The molecule has 3 aromatic rings. The molecule has 2 aromatic carbocycles. The lowest BCUT2D eigenvalue weighted by atomic mass is 10.1. The maximum atomic E-state index is 13.1. The molecular weight excluding hydrogens is 444 g/mol. The molecule has 9 nitrogen and oxygen atoms in total. The maximum Gasteiger partial charge on any atom is 0.264 e. The molecule has 0 spiro atoms. The second-order valence-corrected chi connectivity index (χ2v) is 9.44. The van der Waals surface area contributed by atoms with Crippen molar-refractivity contribution in [2.75, 3.05) is 16.4 Å². The van der Waals surface area contributed by atoms with Crippen LogP contribution < -0.4 is 16.2 Å². The molecule has 0 unspecified atom stereocenters. The minimum absolute atomic E-state index is 0.142. The van der Waals surface area contributed by atoms with Gasteiger partial charge in [-0.1, -0.05) is 19.1 Å². The summed E-state index contributed by atoms with van der Waals surface area (Å²) in [6, 6.07) is 14.3. The standard InChI is InChI=1S/C23H24N4O5S/c1-3-16-4-5-17(20-10-11-23(30)27-26-20)14-21(16)33(31,32)13-12-22(29)25-19-8-6-18(7-9-19)24-15(2)28/h4-11,14H,3,12-13H2,1-2H3,(H,24,28)(H,25,29)(H,27,30). The van der Waals surface area contributed by atoms with Crippen LogP contribution in [-0.4, -0.2) is 36.2 Å². The van der Waals surface area contributed by atoms with Crippen molar-refractivity contribution in [3.8, 4) is 11.3 Å². The van der Waals surface area contributed by atoms with Crippen LogP contribution in [0.3, 0.4) is 0 Å². The third-order valence-corrected chi connectivity index (χ3v) is 6.64. The number of H-pyrrole nitrogens is 1. The van der Waals surface area contributed by atoms with E-state index in [1.165, 1.54) is 25.1 Å². The Hall–Kier alpha value is -3.79. The van der Waals surface area contributed by atoms with E-state index in [1.807, 2.05) is 6.92 Å². The smallest absolute Gasteiger partial charge is 0.264 e. The van der Waals surface area contributed by atoms with E-state index >= 15 is 0 Å². The molecule has 0 aliphatic rings. The Labute approximate surface area is 191 Å². The van der Waals surface area contributed by atoms with Crippen molar-refractivity contribution in [3.63, 3.8) is 0 Å². The predicted molar refractivity (Wildman–Crippen MR) is 126 cm³/mol. The Bertz CT molecular complexity index is 1310. The lowest BCUT2D eigenvalue weighted by Gasteiger charge is -2.12. The Kier molecular flexibility index (Phi) is 7.39. The number of carbonyl (C=O) groups is 2. The number of anilines is 2. The second kappa shape index (κ2) is 10.2. The number of rotatable bonds is 8. The molecule has 0 saturated heterocycles. The van der Waals surface area contributed by atoms with Gasteiger partial charge in [0.05, 0.1) is 16.3 Å². The van der Waals surface area contributed by atoms with Gasteiger partial charge >= 0.3 is 0 Å². The number of aromatic amines is 1. The molecule has 172 valence electrons. The summed E-state index contributed by atoms with van der Waals surface area (Å²) in [6.45, 7) is 3.25. The van der Waals surface area contributed by atoms with Gasteiger partial charge in [0, 0.05) is 36.3 Å². The summed E-state index contributed by atoms with van der Waals surface area (Å²) in [6.07, 6.45) is 0.279. The number of nitrogens with zero attached hydrogens (tertiary/aromatic N) is 1. The summed E-state index contributed by atoms with van der Waals surface area (Å²) >= 11 is 0. The van der Waals surface area contributed by atoms with Crippen LogP contribution in [0, 0.1) is 0 Å². The fourth-order valence-electron chi connectivity index (χ4n) is 3.20. The monoisotopic (exact) mass is 468 g/mol. The topological polar surface area (TPSA) is 138 Å². The number of nitrogens with one attached hydrogen (secondary N) is 3. The first kappa shape index (κ1) is 23.9. The van der Waals surface area contributed by atoms with E-state index in [2.05, 4.69) is 20.8 Å². The number of benzene rings is 2. The third-order valence-electron chi connectivity index (χ3n) is 4.84. The average Bonchev–Trinajstić information content (AvgIpc) is 2.79. The number of aryl methyl sites for hydroxylation is 1. The SMILES string of the molecule is CCc1ccc(-c2ccc(=O)[nH]n2)cc1S(=O)(=O)CCC(=O)Nc1ccc(NC(C)=O)cc1. The molecule has 0 aliphatic carbocycles. The number of amides is 2. The zero-order valence-corrected chi connectivity index (χ0v) is 19.0. The van der Waals surface area contributed by atoms with Crippen molar-refractivity contribution in [1.29, 1.82) is 0 Å². The zero-order valence-electron chi connectivity index (χ0n) is 18.2. The molecule has 0 aliphatic heterocycles. The van der Waals surface area contributed by atoms with Crippen molar-refractivity contribution in [2.24, 2.45) is 0 Å². The van der Waals surface area contributed by atoms with Crippen molar-refractivity contribution < 1.29 is 18.0 Å². The zero-order chi connectivity index (χ0) is 24.0. The van der Waals surface area contributed by atoms with Gasteiger partial charge in [-0.3, -0.25) is 14.4 Å². The fourth-order valence-corrected chi connectivity index (χ4v) is 4.79. The quantitative estimate of drug-likeness (QED) is 0.465. The van der Waals surface area contributed by atoms with Crippen molar-refractivity contribution in [1.82, 2.24) is 10.2 Å². The van der Waals surface area contributed by atoms with Gasteiger partial charge in [0.1, 0.15) is 0 Å². The van der Waals surface area contributed by atoms with E-state index in [4.69, 9.17) is 0 Å². The highest BCUT2D eigenvalue weighted by atomic mass is 32.2. The maximum absolute atomic E-state index is 13.1. The van der Waals surface area contributed by atoms with Crippen LogP contribution >= 0.6 is 0 Å². The minimum Gasteiger partial charge on any atom is -0.326 e. The summed E-state index contributed by atoms with van der Waals surface area (Å²) in [5.74, 6) is -1.01. The molecule has 10 heteroatoms. The summed E-state index contributed by atoms with van der Waals surface area (Å²) in [5.41, 5.74) is 2.35. The van der Waals surface area contributed by atoms with E-state index in [-0.39, 0.29) is 28.5 Å². The van der Waals surface area contributed by atoms with Crippen molar-refractivity contribution >= 4 is 33.0 Å². The van der Waals surface area contributed by atoms with Crippen LogP contribution in [0.1, 0.15) is 25.8 Å². The number of aromatic nitrogens is 2. The van der Waals surface area contributed by atoms with Gasteiger partial charge < -0.3 is 10.6 Å². The van der Waals surface area contributed by atoms with Crippen molar-refractivity contribution in [2.45, 2.75) is 31.6 Å². The molecule has 0 fully saturated rings. The first-order valence-electron chi connectivity index (χ1n) is 10.3. The normalized spacial score (nSPS) is 11.1. The summed E-state index contributed by atoms with van der Waals surface area (Å²) in [7, 11) is -3.76. The number of sulfone groups is 1. The van der Waals surface area contributed by atoms with Gasteiger partial charge in [-0.15, -0.1) is 0 Å². The second-order valence-electron chi connectivity index (χ2n) is 7.36. The largest absolute Gasteiger partial charge is 0.326 e. The number of hydrogen-bond acceptors (Lipinski definition) is 6. The molecule has 0 radical (unpaired) electrons. The van der Waals surface area contributed by atoms with Gasteiger partial charge in [0.15, 0.2) is 9.84 Å². The van der Waals surface area contributed by atoms with Crippen LogP contribution in [0.2, 0.25) is 0 Å². The highest BCUT2D eigenvalue weighted by Crippen LogP contribution is 2.25. The summed E-state index contributed by atoms with van der Waals surface area (Å²) in [5, 5.41) is 11.6. The molecule has 3 rings (SSSR count). The van der Waals surface area contributed by atoms with Crippen molar-refractivity contribution in [3.05, 3.63) is 70.5 Å². The van der Waals surface area contributed by atoms with Crippen LogP contribution in [0.4, 0.5) is 11.4 Å². The van der Waals surface area contributed by atoms with E-state index in [1.54, 1.807) is 36.4 Å². The van der Waals surface area contributed by atoms with Crippen LogP contribution in [0.5, 0.6) is 0 Å². The molecular formula is C23H24N4O5S. The predicted octanol–water partition coefficient (Wildman–Crippen LogP) is 2.76. The molecule has 3 N–H and O–H groups in total. The van der Waals surface area contributed by atoms with E-state index in [0.29, 0.717) is 34.6 Å². The minimum atomic E-state index is -3.76. The number of carbonyl (C=O) groups excluding carboxylic acids is 2. The summed E-state index contributed by atoms with van der Waals surface area (Å²) < 4.78 is 26.1. The van der Waals surface area contributed by atoms with E-state index in [0.717, 1.165) is 0 Å². The third kappa shape index (κ3) is 6.36. The molecule has 0 atom stereocenters. The van der Waals surface area contributed by atoms with Crippen LogP contribution in [-0.2, 0) is 25.8 Å². The lowest BCUT2D eigenvalue weighted by molar-refractivity contribution is -0.116. The highest BCUT2D eigenvalue weighted by molar-refractivity contribution is 7.91. The first-order chi connectivity index (χ1) is 15.7. The van der Waals surface area contributed by atoms with Gasteiger partial charge in [0.2, 0.25) is 11.8 Å². The molecule has 0 saturated carbocycles. The highest BCUT2D eigenvalue weighted by Gasteiger charge is 2.21. The average molecular weight is 469 g/mol. The van der Waals surface area contributed by atoms with Gasteiger partial charge in [0.25, 0.3) is 5.56 Å². The molecule has 1 heterocycles. The Morgan fingerprint density at radius 2 is 1.64 bits per heavy atom. The van der Waals surface area contributed by atoms with Crippen LogP contribution in [0.15, 0.2) is 64.3 Å². The Morgan fingerprint density at radius 1 is 0.970 bits per heavy atom.